The number of benzene rings is 2. The van der Waals surface area contributed by atoms with E-state index in [9.17, 15) is 0 Å². The molecule has 0 amide bonds. The third-order valence-corrected chi connectivity index (χ3v) is 8.66. The van der Waals surface area contributed by atoms with Gasteiger partial charge in [-0.1, -0.05) is 79.8 Å². The fourth-order valence-corrected chi connectivity index (χ4v) is 7.24. The summed E-state index contributed by atoms with van der Waals surface area (Å²) < 4.78 is 7.56. The number of rotatable bonds is 3. The van der Waals surface area contributed by atoms with Crippen molar-refractivity contribution >= 4 is 29.2 Å². The van der Waals surface area contributed by atoms with Crippen molar-refractivity contribution in [2.45, 2.75) is 58.3 Å². The lowest BCUT2D eigenvalue weighted by Crippen LogP contribution is -2.28. The molecule has 2 aromatic carbocycles. The van der Waals surface area contributed by atoms with Crippen molar-refractivity contribution in [3.8, 4) is 11.5 Å². The average molecular weight is 405 g/mol. The molecule has 0 aromatic heterocycles. The quantitative estimate of drug-likeness (QED) is 0.510. The molecule has 0 unspecified atom stereocenters. The van der Waals surface area contributed by atoms with Crippen LogP contribution in [0, 0.1) is 0 Å². The third kappa shape index (κ3) is 2.82. The van der Waals surface area contributed by atoms with Gasteiger partial charge in [-0.2, -0.15) is 0 Å². The highest BCUT2D eigenvalue weighted by molar-refractivity contribution is 9.10. The molecule has 128 valence electrons. The smallest absolute Gasteiger partial charge is 0.145 e. The van der Waals surface area contributed by atoms with Gasteiger partial charge in [-0.05, 0) is 33.3 Å². The van der Waals surface area contributed by atoms with Crippen LogP contribution >= 0.6 is 23.9 Å². The highest BCUT2D eigenvalue weighted by Crippen LogP contribution is 2.54. The van der Waals surface area contributed by atoms with Gasteiger partial charge in [0.1, 0.15) is 11.5 Å². The molecule has 0 radical (unpaired) electrons. The van der Waals surface area contributed by atoms with E-state index in [2.05, 4.69) is 93.9 Å². The Kier molecular flexibility index (Phi) is 4.84. The van der Waals surface area contributed by atoms with Gasteiger partial charge in [0.15, 0.2) is 0 Å². The molecule has 0 N–H and O–H groups in total. The van der Waals surface area contributed by atoms with Gasteiger partial charge in [-0.3, -0.25) is 0 Å². The summed E-state index contributed by atoms with van der Waals surface area (Å²) in [4.78, 5) is 0. The van der Waals surface area contributed by atoms with E-state index < -0.39 is 0 Å². The second-order valence-corrected chi connectivity index (χ2v) is 11.8. The molecule has 0 spiro atoms. The molecule has 0 bridgehead atoms. The topological polar surface area (TPSA) is 9.23 Å². The van der Waals surface area contributed by atoms with E-state index in [0.717, 1.165) is 16.0 Å². The van der Waals surface area contributed by atoms with Crippen LogP contribution < -0.4 is 10.0 Å². The molecule has 1 heterocycles. The zero-order chi connectivity index (χ0) is 17.6. The number of ether oxygens (including phenoxy) is 1. The molecule has 24 heavy (non-hydrogen) atoms. The number of hydrogen-bond acceptors (Lipinski definition) is 1. The maximum atomic E-state index is 6.53. The number of para-hydroxylation sites is 2. The third-order valence-electron chi connectivity index (χ3n) is 4.90. The summed E-state index contributed by atoms with van der Waals surface area (Å²) in [6.07, 6.45) is 0. The van der Waals surface area contributed by atoms with Gasteiger partial charge in [0.25, 0.3) is 0 Å². The second kappa shape index (κ2) is 6.46. The fraction of sp³-hybridized carbons (Fsp3) is 0.429. The average Bonchev–Trinajstić information content (AvgIpc) is 2.48. The number of halogens is 1. The first-order chi connectivity index (χ1) is 11.2. The molecule has 3 heteroatoms. The second-order valence-electron chi connectivity index (χ2n) is 7.59. The van der Waals surface area contributed by atoms with Crippen LogP contribution in [0.4, 0.5) is 0 Å². The Labute approximate surface area is 155 Å². The molecule has 0 saturated heterocycles. The van der Waals surface area contributed by atoms with Crippen molar-refractivity contribution in [1.82, 2.24) is 0 Å². The summed E-state index contributed by atoms with van der Waals surface area (Å²) in [5.41, 5.74) is 3.77. The van der Waals surface area contributed by atoms with Crippen LogP contribution in [0.2, 0.25) is 0 Å². The Morgan fingerprint density at radius 3 is 2.00 bits per heavy atom. The Morgan fingerprint density at radius 2 is 1.42 bits per heavy atom. The van der Waals surface area contributed by atoms with Crippen LogP contribution in [0.15, 0.2) is 40.9 Å². The first-order valence-corrected chi connectivity index (χ1v) is 10.9. The van der Waals surface area contributed by atoms with Gasteiger partial charge in [-0.25, -0.2) is 0 Å². The Bertz CT molecular complexity index is 756. The van der Waals surface area contributed by atoms with E-state index in [0.29, 0.717) is 11.3 Å². The monoisotopic (exact) mass is 404 g/mol. The lowest BCUT2D eigenvalue weighted by molar-refractivity contribution is 0.418. The Hall–Kier alpha value is -0.850. The predicted molar refractivity (Wildman–Crippen MR) is 110 cm³/mol. The summed E-state index contributed by atoms with van der Waals surface area (Å²) in [7, 11) is -0.269. The minimum absolute atomic E-state index is 0.0579. The molecule has 0 aliphatic carbocycles. The van der Waals surface area contributed by atoms with Crippen molar-refractivity contribution in [2.24, 2.45) is 0 Å². The number of hydrogen-bond donors (Lipinski definition) is 0. The van der Waals surface area contributed by atoms with Gasteiger partial charge in [0.05, 0.1) is 4.47 Å². The first kappa shape index (κ1) is 18.0. The SMILES string of the molecule is CC(C)P(c1cccc2c1Oc1c(Br)cccc1C2(C)C)C(C)C. The zero-order valence-electron chi connectivity index (χ0n) is 15.4. The maximum Gasteiger partial charge on any atom is 0.145 e. The lowest BCUT2D eigenvalue weighted by atomic mass is 9.76. The van der Waals surface area contributed by atoms with E-state index in [1.807, 2.05) is 0 Å². The number of fused-ring (bicyclic) bond motifs is 2. The van der Waals surface area contributed by atoms with Crippen molar-refractivity contribution < 1.29 is 4.74 Å². The van der Waals surface area contributed by atoms with Crippen LogP contribution in [0.25, 0.3) is 0 Å². The van der Waals surface area contributed by atoms with Crippen molar-refractivity contribution in [1.29, 1.82) is 0 Å². The molecule has 0 atom stereocenters. The molecule has 1 nitrogen and oxygen atoms in total. The predicted octanol–water partition coefficient (Wildman–Crippen LogP) is 6.80. The molecule has 0 fully saturated rings. The largest absolute Gasteiger partial charge is 0.455 e. The van der Waals surface area contributed by atoms with E-state index in [1.165, 1.54) is 16.4 Å². The summed E-state index contributed by atoms with van der Waals surface area (Å²) in [6.45, 7) is 13.9. The molecule has 1 aliphatic heterocycles. The van der Waals surface area contributed by atoms with Gasteiger partial charge in [0.2, 0.25) is 0 Å². The Balaban J connectivity index is 2.24. The van der Waals surface area contributed by atoms with Crippen LogP contribution in [-0.4, -0.2) is 11.3 Å². The van der Waals surface area contributed by atoms with Crippen molar-refractivity contribution in [3.05, 3.63) is 52.0 Å². The van der Waals surface area contributed by atoms with Crippen LogP contribution in [0.1, 0.15) is 52.7 Å². The molecule has 2 aromatic rings. The van der Waals surface area contributed by atoms with Crippen molar-refractivity contribution in [3.63, 3.8) is 0 Å². The van der Waals surface area contributed by atoms with Gasteiger partial charge in [0, 0.05) is 21.8 Å². The van der Waals surface area contributed by atoms with Crippen LogP contribution in [-0.2, 0) is 5.41 Å². The molecule has 3 rings (SSSR count). The minimum Gasteiger partial charge on any atom is -0.455 e. The van der Waals surface area contributed by atoms with E-state index in [-0.39, 0.29) is 13.3 Å². The van der Waals surface area contributed by atoms with Crippen LogP contribution in [0.3, 0.4) is 0 Å². The van der Waals surface area contributed by atoms with Crippen LogP contribution in [0.5, 0.6) is 11.5 Å². The maximum absolute atomic E-state index is 6.53. The first-order valence-electron chi connectivity index (χ1n) is 8.63. The molecule has 0 saturated carbocycles. The van der Waals surface area contributed by atoms with Gasteiger partial charge < -0.3 is 4.74 Å². The van der Waals surface area contributed by atoms with E-state index in [4.69, 9.17) is 4.74 Å². The molecular weight excluding hydrogens is 379 g/mol. The highest BCUT2D eigenvalue weighted by Gasteiger charge is 2.37. The highest BCUT2D eigenvalue weighted by atomic mass is 79.9. The summed E-state index contributed by atoms with van der Waals surface area (Å²) in [5.74, 6) is 2.07. The van der Waals surface area contributed by atoms with Gasteiger partial charge >= 0.3 is 0 Å². The standard InChI is InChI=1S/C21H26BrOP/c1-13(2)24(14(3)4)18-12-8-10-16-20(18)23-19-15(21(16,5)6)9-7-11-17(19)22/h7-14H,1-6H3. The lowest BCUT2D eigenvalue weighted by Gasteiger charge is -2.38. The minimum atomic E-state index is -0.269. The van der Waals surface area contributed by atoms with Crippen molar-refractivity contribution in [2.75, 3.05) is 0 Å². The van der Waals surface area contributed by atoms with E-state index in [1.54, 1.807) is 0 Å². The van der Waals surface area contributed by atoms with E-state index >= 15 is 0 Å². The fourth-order valence-electron chi connectivity index (χ4n) is 3.83. The normalized spacial score (nSPS) is 15.4. The Morgan fingerprint density at radius 1 is 0.875 bits per heavy atom. The van der Waals surface area contributed by atoms with Gasteiger partial charge in [-0.15, -0.1) is 0 Å². The summed E-state index contributed by atoms with van der Waals surface area (Å²) in [5, 5.41) is 1.40. The summed E-state index contributed by atoms with van der Waals surface area (Å²) in [6, 6.07) is 13.1. The zero-order valence-corrected chi connectivity index (χ0v) is 17.8. The molecule has 1 aliphatic rings. The molecular formula is C21H26BrOP. The summed E-state index contributed by atoms with van der Waals surface area (Å²) >= 11 is 3.69.